The number of methoxy groups -OCH3 is 1. The SMILES string of the molecule is CCCC[C@H](NC(=O)CS(=O)(=O)CCOC)C(=O)O. The van der Waals surface area contributed by atoms with Crippen molar-refractivity contribution in [2.45, 2.75) is 32.2 Å². The largest absolute Gasteiger partial charge is 0.480 e. The van der Waals surface area contributed by atoms with E-state index in [1.807, 2.05) is 6.92 Å². The van der Waals surface area contributed by atoms with Crippen LogP contribution < -0.4 is 5.32 Å². The van der Waals surface area contributed by atoms with E-state index in [1.165, 1.54) is 7.11 Å². The molecule has 0 aliphatic rings. The van der Waals surface area contributed by atoms with E-state index in [0.29, 0.717) is 6.42 Å². The Morgan fingerprint density at radius 3 is 2.47 bits per heavy atom. The molecule has 0 aromatic carbocycles. The average molecular weight is 295 g/mol. The number of carboxylic acid groups (broad SMARTS) is 1. The molecule has 112 valence electrons. The first-order chi connectivity index (χ1) is 8.82. The van der Waals surface area contributed by atoms with Gasteiger partial charge in [0.1, 0.15) is 11.8 Å². The number of ether oxygens (including phenoxy) is 1. The molecule has 0 aliphatic carbocycles. The third-order valence-electron chi connectivity index (χ3n) is 2.43. The standard InChI is InChI=1S/C11H21NO6S/c1-3-4-5-9(11(14)15)12-10(13)8-19(16,17)7-6-18-2/h9H,3-8H2,1-2H3,(H,12,13)(H,14,15)/t9-/m0/s1. The minimum Gasteiger partial charge on any atom is -0.480 e. The van der Waals surface area contributed by atoms with E-state index in [2.05, 4.69) is 10.1 Å². The number of amides is 1. The van der Waals surface area contributed by atoms with Crippen LogP contribution in [0.15, 0.2) is 0 Å². The summed E-state index contributed by atoms with van der Waals surface area (Å²) in [4.78, 5) is 22.4. The first-order valence-electron chi connectivity index (χ1n) is 6.04. The number of sulfone groups is 1. The summed E-state index contributed by atoms with van der Waals surface area (Å²) in [5.74, 6) is -2.92. The monoisotopic (exact) mass is 295 g/mol. The van der Waals surface area contributed by atoms with E-state index in [0.717, 1.165) is 6.42 Å². The first-order valence-corrected chi connectivity index (χ1v) is 7.86. The van der Waals surface area contributed by atoms with Gasteiger partial charge in [-0.05, 0) is 6.42 Å². The maximum atomic E-state index is 11.5. The molecule has 0 fully saturated rings. The number of aliphatic carboxylic acids is 1. The maximum absolute atomic E-state index is 11.5. The lowest BCUT2D eigenvalue weighted by molar-refractivity contribution is -0.141. The van der Waals surface area contributed by atoms with Gasteiger partial charge < -0.3 is 15.2 Å². The number of nitrogens with one attached hydrogen (secondary N) is 1. The number of carboxylic acids is 1. The van der Waals surface area contributed by atoms with Crippen molar-refractivity contribution in [2.75, 3.05) is 25.2 Å². The molecule has 0 spiro atoms. The molecular formula is C11H21NO6S. The highest BCUT2D eigenvalue weighted by molar-refractivity contribution is 7.92. The summed E-state index contributed by atoms with van der Waals surface area (Å²) in [6.45, 7) is 1.91. The van der Waals surface area contributed by atoms with Gasteiger partial charge in [-0.1, -0.05) is 19.8 Å². The fourth-order valence-electron chi connectivity index (χ4n) is 1.38. The highest BCUT2D eigenvalue weighted by atomic mass is 32.2. The fraction of sp³-hybridized carbons (Fsp3) is 0.818. The molecule has 7 nitrogen and oxygen atoms in total. The Bertz CT molecular complexity index is 392. The van der Waals surface area contributed by atoms with Gasteiger partial charge in [0.05, 0.1) is 12.4 Å². The molecule has 0 aromatic heterocycles. The summed E-state index contributed by atoms with van der Waals surface area (Å²) in [6.07, 6.45) is 1.73. The maximum Gasteiger partial charge on any atom is 0.326 e. The van der Waals surface area contributed by atoms with Crippen molar-refractivity contribution in [1.29, 1.82) is 0 Å². The predicted molar refractivity (Wildman–Crippen MR) is 69.6 cm³/mol. The van der Waals surface area contributed by atoms with Gasteiger partial charge in [-0.25, -0.2) is 13.2 Å². The van der Waals surface area contributed by atoms with Crippen LogP contribution in [0.1, 0.15) is 26.2 Å². The zero-order valence-electron chi connectivity index (χ0n) is 11.2. The zero-order chi connectivity index (χ0) is 14.9. The number of unbranched alkanes of at least 4 members (excludes halogenated alkanes) is 1. The second-order valence-electron chi connectivity index (χ2n) is 4.19. The number of carbonyl (C=O) groups excluding carboxylic acids is 1. The molecule has 0 saturated heterocycles. The van der Waals surface area contributed by atoms with Gasteiger partial charge in [0.2, 0.25) is 5.91 Å². The van der Waals surface area contributed by atoms with Crippen LogP contribution in [0.2, 0.25) is 0 Å². The summed E-state index contributed by atoms with van der Waals surface area (Å²) < 4.78 is 27.6. The smallest absolute Gasteiger partial charge is 0.326 e. The number of carbonyl (C=O) groups is 2. The van der Waals surface area contributed by atoms with E-state index >= 15 is 0 Å². The van der Waals surface area contributed by atoms with Crippen LogP contribution in [0.4, 0.5) is 0 Å². The molecule has 0 saturated carbocycles. The van der Waals surface area contributed by atoms with Gasteiger partial charge >= 0.3 is 5.97 Å². The Balaban J connectivity index is 4.37. The van der Waals surface area contributed by atoms with Crippen molar-refractivity contribution in [3.63, 3.8) is 0 Å². The van der Waals surface area contributed by atoms with Crippen LogP contribution in [0, 0.1) is 0 Å². The number of hydrogen-bond acceptors (Lipinski definition) is 5. The van der Waals surface area contributed by atoms with Gasteiger partial charge in [-0.15, -0.1) is 0 Å². The lowest BCUT2D eigenvalue weighted by Crippen LogP contribution is -2.43. The van der Waals surface area contributed by atoms with Crippen LogP contribution in [0.25, 0.3) is 0 Å². The van der Waals surface area contributed by atoms with Crippen molar-refractivity contribution in [3.8, 4) is 0 Å². The van der Waals surface area contributed by atoms with Crippen molar-refractivity contribution in [2.24, 2.45) is 0 Å². The molecule has 1 amide bonds. The molecule has 2 N–H and O–H groups in total. The predicted octanol–water partition coefficient (Wildman–Crippen LogP) is -0.193. The van der Waals surface area contributed by atoms with E-state index in [1.54, 1.807) is 0 Å². The van der Waals surface area contributed by atoms with E-state index < -0.39 is 33.5 Å². The normalized spacial score (nSPS) is 12.9. The van der Waals surface area contributed by atoms with Crippen molar-refractivity contribution in [3.05, 3.63) is 0 Å². The molecule has 0 heterocycles. The molecule has 0 unspecified atom stereocenters. The number of hydrogen-bond donors (Lipinski definition) is 2. The van der Waals surface area contributed by atoms with Crippen molar-refractivity contribution in [1.82, 2.24) is 5.32 Å². The van der Waals surface area contributed by atoms with Gasteiger partial charge in [0, 0.05) is 7.11 Å². The van der Waals surface area contributed by atoms with Gasteiger partial charge in [0.15, 0.2) is 9.84 Å². The Kier molecular flexibility index (Phi) is 8.33. The van der Waals surface area contributed by atoms with Gasteiger partial charge in [-0.3, -0.25) is 4.79 Å². The second kappa shape index (κ2) is 8.87. The van der Waals surface area contributed by atoms with Crippen LogP contribution in [-0.4, -0.2) is 56.7 Å². The summed E-state index contributed by atoms with van der Waals surface area (Å²) in [6, 6.07) is -1.04. The Labute approximate surface area is 113 Å². The minimum atomic E-state index is -3.56. The first kappa shape index (κ1) is 17.8. The molecule has 0 rings (SSSR count). The highest BCUT2D eigenvalue weighted by Crippen LogP contribution is 2.01. The highest BCUT2D eigenvalue weighted by Gasteiger charge is 2.22. The van der Waals surface area contributed by atoms with Crippen LogP contribution in [0.5, 0.6) is 0 Å². The quantitative estimate of drug-likeness (QED) is 0.578. The summed E-state index contributed by atoms with van der Waals surface area (Å²) in [5, 5.41) is 11.1. The number of rotatable bonds is 10. The van der Waals surface area contributed by atoms with Gasteiger partial charge in [-0.2, -0.15) is 0 Å². The van der Waals surface area contributed by atoms with E-state index in [9.17, 15) is 18.0 Å². The molecule has 8 heteroatoms. The molecular weight excluding hydrogens is 274 g/mol. The average Bonchev–Trinajstić information content (AvgIpc) is 2.31. The lowest BCUT2D eigenvalue weighted by atomic mass is 10.1. The fourth-order valence-corrected chi connectivity index (χ4v) is 2.43. The molecule has 0 radical (unpaired) electrons. The van der Waals surface area contributed by atoms with Crippen molar-refractivity contribution >= 4 is 21.7 Å². The Morgan fingerprint density at radius 1 is 1.37 bits per heavy atom. The second-order valence-corrected chi connectivity index (χ2v) is 6.37. The summed E-state index contributed by atoms with van der Waals surface area (Å²) in [7, 11) is -2.20. The zero-order valence-corrected chi connectivity index (χ0v) is 12.0. The summed E-state index contributed by atoms with van der Waals surface area (Å²) in [5.41, 5.74) is 0. The molecule has 0 aromatic rings. The molecule has 19 heavy (non-hydrogen) atoms. The van der Waals surface area contributed by atoms with E-state index in [-0.39, 0.29) is 18.8 Å². The topological polar surface area (TPSA) is 110 Å². The molecule has 0 bridgehead atoms. The molecule has 1 atom stereocenters. The van der Waals surface area contributed by atoms with Crippen molar-refractivity contribution < 1.29 is 27.9 Å². The summed E-state index contributed by atoms with van der Waals surface area (Å²) >= 11 is 0. The minimum absolute atomic E-state index is 0.00775. The van der Waals surface area contributed by atoms with Crippen LogP contribution >= 0.6 is 0 Å². The lowest BCUT2D eigenvalue weighted by Gasteiger charge is -2.14. The molecule has 0 aliphatic heterocycles. The third-order valence-corrected chi connectivity index (χ3v) is 3.92. The van der Waals surface area contributed by atoms with Crippen LogP contribution in [-0.2, 0) is 24.2 Å². The van der Waals surface area contributed by atoms with E-state index in [4.69, 9.17) is 5.11 Å². The van der Waals surface area contributed by atoms with Gasteiger partial charge in [0.25, 0.3) is 0 Å². The Hall–Kier alpha value is -1.15. The third kappa shape index (κ3) is 8.55. The van der Waals surface area contributed by atoms with Crippen LogP contribution in [0.3, 0.4) is 0 Å². The Morgan fingerprint density at radius 2 is 2.00 bits per heavy atom.